The van der Waals surface area contributed by atoms with Gasteiger partial charge in [0.25, 0.3) is 0 Å². The van der Waals surface area contributed by atoms with E-state index in [2.05, 4.69) is 24.7 Å². The van der Waals surface area contributed by atoms with Crippen LogP contribution in [0.2, 0.25) is 10.0 Å². The first-order valence-corrected chi connectivity index (χ1v) is 15.1. The highest BCUT2D eigenvalue weighted by Crippen LogP contribution is 2.31. The number of anilines is 1. The summed E-state index contributed by atoms with van der Waals surface area (Å²) in [7, 11) is 0. The smallest absolute Gasteiger partial charge is 0.329 e. The number of carbonyl (C=O) groups is 1. The first kappa shape index (κ1) is 31.4. The zero-order valence-corrected chi connectivity index (χ0v) is 25.5. The first-order chi connectivity index (χ1) is 20.7. The van der Waals surface area contributed by atoms with Crippen molar-refractivity contribution in [3.63, 3.8) is 0 Å². The average molecular weight is 632 g/mol. The molecule has 1 atom stereocenters. The Kier molecular flexibility index (Phi) is 10.7. The maximum atomic E-state index is 10.8. The summed E-state index contributed by atoms with van der Waals surface area (Å²) >= 11 is 12.6. The lowest BCUT2D eigenvalue weighted by Gasteiger charge is -2.35. The number of carboxylic acids is 1. The van der Waals surface area contributed by atoms with Crippen molar-refractivity contribution < 1.29 is 24.5 Å². The molecule has 2 N–H and O–H groups in total. The number of ether oxygens (including phenoxy) is 2. The van der Waals surface area contributed by atoms with Gasteiger partial charge in [0.1, 0.15) is 6.61 Å². The number of rotatable bonds is 11. The Balaban J connectivity index is 1.29. The minimum absolute atomic E-state index is 0.0519. The van der Waals surface area contributed by atoms with Crippen LogP contribution in [0, 0.1) is 0 Å². The maximum absolute atomic E-state index is 10.8. The molecule has 13 heteroatoms. The van der Waals surface area contributed by atoms with Crippen LogP contribution < -0.4 is 9.64 Å². The molecule has 2 aliphatic heterocycles. The van der Waals surface area contributed by atoms with Gasteiger partial charge in [-0.1, -0.05) is 23.2 Å². The third-order valence-corrected chi connectivity index (χ3v) is 7.85. The molecule has 0 saturated carbocycles. The van der Waals surface area contributed by atoms with Gasteiger partial charge in [0.15, 0.2) is 5.75 Å². The third kappa shape index (κ3) is 9.21. The SMILES string of the molecule is C[C@@H](O)CN1CCN(c2ncc(Oc3cc(CN4CCC(OCC(=O)O)CC4)cc(-c4cc(Cl)cc(Cl)c4)n3)cn2)CC1. The molecule has 5 rings (SSSR count). The number of pyridine rings is 1. The average Bonchev–Trinajstić information content (AvgIpc) is 2.97. The monoisotopic (exact) mass is 630 g/mol. The molecule has 0 aliphatic carbocycles. The fourth-order valence-corrected chi connectivity index (χ4v) is 5.91. The van der Waals surface area contributed by atoms with Crippen LogP contribution >= 0.6 is 23.2 Å². The van der Waals surface area contributed by atoms with Crippen molar-refractivity contribution in [3.05, 3.63) is 58.3 Å². The predicted molar refractivity (Wildman–Crippen MR) is 164 cm³/mol. The van der Waals surface area contributed by atoms with E-state index in [4.69, 9.17) is 42.8 Å². The van der Waals surface area contributed by atoms with Crippen molar-refractivity contribution in [1.29, 1.82) is 0 Å². The molecule has 3 aromatic rings. The van der Waals surface area contributed by atoms with Gasteiger partial charge in [0.05, 0.1) is 30.3 Å². The largest absolute Gasteiger partial charge is 0.480 e. The summed E-state index contributed by atoms with van der Waals surface area (Å²) in [5.74, 6) is 0.543. The molecule has 2 aromatic heterocycles. The Morgan fingerprint density at radius 3 is 2.28 bits per heavy atom. The predicted octanol–water partition coefficient (Wildman–Crippen LogP) is 4.21. The molecule has 0 bridgehead atoms. The van der Waals surface area contributed by atoms with Crippen molar-refractivity contribution in [2.24, 2.45) is 0 Å². The number of β-amino-alcohol motifs (C(OH)–C–C–N with tert-alkyl or cyclic N) is 1. The van der Waals surface area contributed by atoms with E-state index >= 15 is 0 Å². The van der Waals surface area contributed by atoms with Gasteiger partial charge in [-0.05, 0) is 49.6 Å². The third-order valence-electron chi connectivity index (χ3n) is 7.42. The normalized spacial score (nSPS) is 17.6. The summed E-state index contributed by atoms with van der Waals surface area (Å²) in [6, 6.07) is 9.20. The second-order valence-corrected chi connectivity index (χ2v) is 11.9. The van der Waals surface area contributed by atoms with E-state index < -0.39 is 5.97 Å². The molecule has 2 saturated heterocycles. The molecular weight excluding hydrogens is 595 g/mol. The summed E-state index contributed by atoms with van der Waals surface area (Å²) in [5, 5.41) is 19.6. The van der Waals surface area contributed by atoms with Crippen molar-refractivity contribution in [2.75, 3.05) is 57.3 Å². The number of hydrogen-bond donors (Lipinski definition) is 2. The molecule has 0 unspecified atom stereocenters. The van der Waals surface area contributed by atoms with E-state index in [9.17, 15) is 9.90 Å². The van der Waals surface area contributed by atoms with Gasteiger partial charge in [-0.2, -0.15) is 0 Å². The van der Waals surface area contributed by atoms with Gasteiger partial charge in [-0.3, -0.25) is 9.80 Å². The van der Waals surface area contributed by atoms with E-state index in [1.165, 1.54) is 0 Å². The molecule has 43 heavy (non-hydrogen) atoms. The number of nitrogens with zero attached hydrogens (tertiary/aromatic N) is 6. The zero-order chi connectivity index (χ0) is 30.3. The standard InChI is InChI=1S/C30H36Cl2N6O5/c1-20(39)17-37-6-8-38(9-7-37)30-33-15-26(16-34-30)43-28-11-21(10-27(35-28)22-12-23(31)14-24(32)13-22)18-36-4-2-25(3-5-36)42-19-29(40)41/h10-16,20,25,39H,2-9,17-19H2,1H3,(H,40,41)/t20-/m1/s1. The second-order valence-electron chi connectivity index (χ2n) is 11.0. The summed E-state index contributed by atoms with van der Waals surface area (Å²) in [6.07, 6.45) is 4.42. The fourth-order valence-electron chi connectivity index (χ4n) is 5.38. The summed E-state index contributed by atoms with van der Waals surface area (Å²) in [5.41, 5.74) is 2.43. The molecule has 11 nitrogen and oxygen atoms in total. The summed E-state index contributed by atoms with van der Waals surface area (Å²) in [4.78, 5) is 31.3. The van der Waals surface area contributed by atoms with E-state index in [0.29, 0.717) is 46.4 Å². The zero-order valence-electron chi connectivity index (χ0n) is 24.0. The van der Waals surface area contributed by atoms with Crippen LogP contribution in [0.1, 0.15) is 25.3 Å². The molecular formula is C30H36Cl2N6O5. The van der Waals surface area contributed by atoms with Crippen LogP contribution in [0.5, 0.6) is 11.6 Å². The van der Waals surface area contributed by atoms with Crippen molar-refractivity contribution in [1.82, 2.24) is 24.8 Å². The Bertz CT molecular complexity index is 1360. The molecule has 230 valence electrons. The Morgan fingerprint density at radius 1 is 0.977 bits per heavy atom. The number of piperazine rings is 1. The lowest BCUT2D eigenvalue weighted by molar-refractivity contribution is -0.145. The number of piperidine rings is 1. The van der Waals surface area contributed by atoms with Crippen LogP contribution in [0.25, 0.3) is 11.3 Å². The highest BCUT2D eigenvalue weighted by atomic mass is 35.5. The van der Waals surface area contributed by atoms with Crippen LogP contribution in [0.3, 0.4) is 0 Å². The van der Waals surface area contributed by atoms with E-state index in [0.717, 1.165) is 63.2 Å². The maximum Gasteiger partial charge on any atom is 0.329 e. The first-order valence-electron chi connectivity index (χ1n) is 14.4. The van der Waals surface area contributed by atoms with E-state index in [-0.39, 0.29) is 18.8 Å². The number of aliphatic hydroxyl groups excluding tert-OH is 1. The molecule has 0 amide bonds. The van der Waals surface area contributed by atoms with Crippen LogP contribution in [0.15, 0.2) is 42.7 Å². The van der Waals surface area contributed by atoms with Gasteiger partial charge >= 0.3 is 5.97 Å². The van der Waals surface area contributed by atoms with Crippen molar-refractivity contribution >= 4 is 35.1 Å². The number of likely N-dealkylation sites (tertiary alicyclic amines) is 1. The lowest BCUT2D eigenvalue weighted by Crippen LogP contribution is -2.48. The number of carboxylic acid groups (broad SMARTS) is 1. The Morgan fingerprint density at radius 2 is 1.65 bits per heavy atom. The number of aliphatic hydroxyl groups is 1. The molecule has 0 spiro atoms. The van der Waals surface area contributed by atoms with Gasteiger partial charge < -0.3 is 24.6 Å². The van der Waals surface area contributed by atoms with E-state index in [1.54, 1.807) is 25.4 Å². The highest BCUT2D eigenvalue weighted by Gasteiger charge is 2.22. The molecule has 2 aliphatic rings. The topological polar surface area (TPSA) is 124 Å². The molecule has 0 radical (unpaired) electrons. The lowest BCUT2D eigenvalue weighted by atomic mass is 10.1. The number of hydrogen-bond acceptors (Lipinski definition) is 10. The van der Waals surface area contributed by atoms with Gasteiger partial charge in [-0.15, -0.1) is 0 Å². The van der Waals surface area contributed by atoms with E-state index in [1.807, 2.05) is 24.3 Å². The molecule has 2 fully saturated rings. The highest BCUT2D eigenvalue weighted by molar-refractivity contribution is 6.35. The van der Waals surface area contributed by atoms with Gasteiger partial charge in [-0.25, -0.2) is 19.7 Å². The Hall–Kier alpha value is -3.06. The fraction of sp³-hybridized carbons (Fsp3) is 0.467. The minimum Gasteiger partial charge on any atom is -0.480 e. The number of benzene rings is 1. The van der Waals surface area contributed by atoms with Gasteiger partial charge in [0, 0.05) is 74.0 Å². The minimum atomic E-state index is -0.952. The van der Waals surface area contributed by atoms with Crippen LogP contribution in [0.4, 0.5) is 5.95 Å². The van der Waals surface area contributed by atoms with Crippen molar-refractivity contribution in [3.8, 4) is 22.9 Å². The Labute approximate surface area is 261 Å². The van der Waals surface area contributed by atoms with Gasteiger partial charge in [0.2, 0.25) is 11.8 Å². The molecule has 1 aromatic carbocycles. The second kappa shape index (κ2) is 14.6. The molecule has 4 heterocycles. The quantitative estimate of drug-likeness (QED) is 0.316. The summed E-state index contributed by atoms with van der Waals surface area (Å²) < 4.78 is 11.6. The number of aliphatic carboxylic acids is 1. The summed E-state index contributed by atoms with van der Waals surface area (Å²) in [6.45, 7) is 7.66. The van der Waals surface area contributed by atoms with Crippen molar-refractivity contribution in [2.45, 2.75) is 38.5 Å². The van der Waals surface area contributed by atoms with Crippen LogP contribution in [-0.4, -0.2) is 106 Å². The number of halogens is 2. The van der Waals surface area contributed by atoms with Crippen LogP contribution in [-0.2, 0) is 16.1 Å². The number of aromatic nitrogens is 3.